The highest BCUT2D eigenvalue weighted by Crippen LogP contribution is 2.52. The number of aliphatic hydroxyl groups is 2. The molecule has 6 atom stereocenters. The van der Waals surface area contributed by atoms with Crippen molar-refractivity contribution in [1.82, 2.24) is 0 Å². The number of benzene rings is 2. The van der Waals surface area contributed by atoms with E-state index >= 15 is 0 Å². The van der Waals surface area contributed by atoms with Gasteiger partial charge in [-0.3, -0.25) is 9.59 Å². The summed E-state index contributed by atoms with van der Waals surface area (Å²) in [5, 5.41) is 57.1. The minimum absolute atomic E-state index is 0.00869. The van der Waals surface area contributed by atoms with Gasteiger partial charge >= 0.3 is 0 Å². The predicted octanol–water partition coefficient (Wildman–Crippen LogP) is 1.29. The summed E-state index contributed by atoms with van der Waals surface area (Å²) in [5.41, 5.74) is 3.14. The van der Waals surface area contributed by atoms with Crippen molar-refractivity contribution < 1.29 is 49.4 Å². The highest BCUT2D eigenvalue weighted by Gasteiger charge is 2.49. The summed E-state index contributed by atoms with van der Waals surface area (Å²) in [7, 11) is 1.34. The van der Waals surface area contributed by atoms with E-state index in [1.54, 1.807) is 6.92 Å². The molecule has 0 radical (unpaired) electrons. The number of hydrogen-bond acceptors (Lipinski definition) is 12. The maximum Gasteiger partial charge on any atom is 0.202 e. The van der Waals surface area contributed by atoms with Gasteiger partial charge in [-0.2, -0.15) is 0 Å². The lowest BCUT2D eigenvalue weighted by Gasteiger charge is -2.42. The highest BCUT2D eigenvalue weighted by atomic mass is 16.7. The van der Waals surface area contributed by atoms with Crippen molar-refractivity contribution in [2.45, 2.75) is 69.4 Å². The van der Waals surface area contributed by atoms with Crippen molar-refractivity contribution in [2.24, 2.45) is 10.9 Å². The first kappa shape index (κ1) is 27.0. The Kier molecular flexibility index (Phi) is 6.64. The van der Waals surface area contributed by atoms with Crippen molar-refractivity contribution in [3.63, 3.8) is 0 Å². The summed E-state index contributed by atoms with van der Waals surface area (Å²) < 4.78 is 17.2. The quantitative estimate of drug-likeness (QED) is 0.120. The number of rotatable bonds is 4. The fraction of sp³-hybridized carbons (Fsp3) is 0.444. The molecule has 0 spiro atoms. The number of carbonyl (C=O) groups excluding carboxylic acids is 2. The summed E-state index contributed by atoms with van der Waals surface area (Å²) in [5.74, 6) is -2.51. The summed E-state index contributed by atoms with van der Waals surface area (Å²) >= 11 is 0. The van der Waals surface area contributed by atoms with Gasteiger partial charge in [0.2, 0.25) is 5.78 Å². The van der Waals surface area contributed by atoms with Gasteiger partial charge in [0.05, 0.1) is 47.8 Å². The largest absolute Gasteiger partial charge is 0.507 e. The maximum atomic E-state index is 13.7. The van der Waals surface area contributed by atoms with E-state index in [4.69, 9.17) is 19.9 Å². The van der Waals surface area contributed by atoms with Crippen LogP contribution >= 0.6 is 0 Å². The molecule has 0 saturated carbocycles. The van der Waals surface area contributed by atoms with Crippen LogP contribution in [0.4, 0.5) is 0 Å². The van der Waals surface area contributed by atoms with Crippen LogP contribution in [0.3, 0.4) is 0 Å². The van der Waals surface area contributed by atoms with Crippen molar-refractivity contribution in [3.05, 3.63) is 51.6 Å². The molecule has 2 aromatic carbocycles. The molecule has 7 N–H and O–H groups in total. The fourth-order valence-electron chi connectivity index (χ4n) is 5.76. The number of carbonyl (C=O) groups is 2. The molecule has 1 fully saturated rings. The number of oxime groups is 1. The lowest BCUT2D eigenvalue weighted by molar-refractivity contribution is -0.245. The smallest absolute Gasteiger partial charge is 0.202 e. The fourth-order valence-corrected chi connectivity index (χ4v) is 5.76. The van der Waals surface area contributed by atoms with Gasteiger partial charge < -0.3 is 45.6 Å². The Morgan fingerprint density at radius 1 is 1.15 bits per heavy atom. The Labute approximate surface area is 223 Å². The third kappa shape index (κ3) is 4.07. The predicted molar refractivity (Wildman–Crippen MR) is 135 cm³/mol. The van der Waals surface area contributed by atoms with E-state index in [0.717, 1.165) is 0 Å². The second kappa shape index (κ2) is 9.57. The van der Waals surface area contributed by atoms with Crippen LogP contribution in [0.5, 0.6) is 17.2 Å². The van der Waals surface area contributed by atoms with Crippen LogP contribution < -0.4 is 10.5 Å². The number of phenolic OH excluding ortho intramolecular Hbond substituents is 2. The van der Waals surface area contributed by atoms with Crippen LogP contribution in [0.15, 0.2) is 23.4 Å². The molecule has 3 aliphatic rings. The van der Waals surface area contributed by atoms with Gasteiger partial charge in [-0.25, -0.2) is 0 Å². The Balaban J connectivity index is 1.69. The van der Waals surface area contributed by atoms with Crippen LogP contribution in [0.2, 0.25) is 0 Å². The average molecular weight is 543 g/mol. The number of hydrogen-bond donors (Lipinski definition) is 6. The highest BCUT2D eigenvalue weighted by molar-refractivity contribution is 6.31. The zero-order valence-corrected chi connectivity index (χ0v) is 21.5. The molecule has 12 heteroatoms. The SMILES string of the molecule is COc1cccc2c1C(=O)c1c(O)c3c(c(O)c1C2=O)C[C@@](O)(/C(C)=N\O)C[C@@H]3OC1CC(N)C(O)C(C)O1. The first-order valence-electron chi connectivity index (χ1n) is 12.5. The second-order valence-electron chi connectivity index (χ2n) is 10.3. The first-order chi connectivity index (χ1) is 18.4. The van der Waals surface area contributed by atoms with Gasteiger partial charge in [0.15, 0.2) is 12.1 Å². The minimum Gasteiger partial charge on any atom is -0.507 e. The van der Waals surface area contributed by atoms with E-state index in [9.17, 15) is 35.2 Å². The number of nitrogens with zero attached hydrogens (tertiary/aromatic N) is 1. The third-order valence-electron chi connectivity index (χ3n) is 7.97. The Morgan fingerprint density at radius 2 is 1.85 bits per heavy atom. The number of ether oxygens (including phenoxy) is 3. The molecule has 0 aromatic heterocycles. The summed E-state index contributed by atoms with van der Waals surface area (Å²) in [6.07, 6.45) is -4.34. The third-order valence-corrected chi connectivity index (χ3v) is 7.97. The number of ketones is 2. The monoisotopic (exact) mass is 542 g/mol. The molecule has 39 heavy (non-hydrogen) atoms. The van der Waals surface area contributed by atoms with E-state index < -0.39 is 70.4 Å². The number of phenols is 2. The molecule has 4 unspecified atom stereocenters. The number of fused-ring (bicyclic) bond motifs is 3. The van der Waals surface area contributed by atoms with Crippen LogP contribution in [0.25, 0.3) is 0 Å². The molecule has 1 saturated heterocycles. The summed E-state index contributed by atoms with van der Waals surface area (Å²) in [4.78, 5) is 27.2. The van der Waals surface area contributed by atoms with Gasteiger partial charge in [0, 0.05) is 42.0 Å². The lowest BCUT2D eigenvalue weighted by Crippen LogP contribution is -2.52. The van der Waals surface area contributed by atoms with Gasteiger partial charge in [0.1, 0.15) is 22.8 Å². The summed E-state index contributed by atoms with van der Waals surface area (Å²) in [6, 6.07) is 3.77. The molecular weight excluding hydrogens is 512 g/mol. The van der Waals surface area contributed by atoms with E-state index in [1.807, 2.05) is 0 Å². The normalized spacial score (nSPS) is 30.4. The zero-order chi connectivity index (χ0) is 28.4. The van der Waals surface area contributed by atoms with Gasteiger partial charge in [0.25, 0.3) is 0 Å². The van der Waals surface area contributed by atoms with Crippen molar-refractivity contribution in [2.75, 3.05) is 7.11 Å². The van der Waals surface area contributed by atoms with Crippen LogP contribution in [0, 0.1) is 0 Å². The minimum atomic E-state index is -1.85. The molecule has 0 bridgehead atoms. The van der Waals surface area contributed by atoms with Crippen LogP contribution in [0.1, 0.15) is 75.8 Å². The number of aliphatic hydroxyl groups excluding tert-OH is 1. The molecule has 5 rings (SSSR count). The number of methoxy groups -OCH3 is 1. The topological polar surface area (TPSA) is 201 Å². The Bertz CT molecular complexity index is 1390. The molecule has 1 aliphatic heterocycles. The van der Waals surface area contributed by atoms with Crippen molar-refractivity contribution in [1.29, 1.82) is 0 Å². The van der Waals surface area contributed by atoms with Crippen LogP contribution in [-0.2, 0) is 15.9 Å². The van der Waals surface area contributed by atoms with E-state index in [1.165, 1.54) is 32.2 Å². The zero-order valence-electron chi connectivity index (χ0n) is 21.5. The molecule has 208 valence electrons. The van der Waals surface area contributed by atoms with E-state index in [0.29, 0.717) is 0 Å². The van der Waals surface area contributed by atoms with Gasteiger partial charge in [-0.05, 0) is 19.9 Å². The Morgan fingerprint density at radius 3 is 2.49 bits per heavy atom. The van der Waals surface area contributed by atoms with Gasteiger partial charge in [-0.1, -0.05) is 17.3 Å². The molecule has 1 heterocycles. The maximum absolute atomic E-state index is 13.7. The number of nitrogens with two attached hydrogens (primary N) is 1. The van der Waals surface area contributed by atoms with Crippen molar-refractivity contribution >= 4 is 17.3 Å². The molecule has 12 nitrogen and oxygen atoms in total. The van der Waals surface area contributed by atoms with E-state index in [2.05, 4.69) is 5.16 Å². The molecule has 0 amide bonds. The standard InChI is InChI=1S/C27H30N2O10/c1-10-22(30)14(28)7-17(38-10)39-16-9-27(35,11(2)29-36)8-13-19(16)26(34)21-20(24(13)32)23(31)12-5-4-6-15(37-3)18(12)25(21)33/h4-6,10,14,16-17,22,30,32,34-36H,7-9,28H2,1-3H3/b29-11-/t10?,14?,16-,17?,22?,27-/m0/s1. The second-order valence-corrected chi connectivity index (χ2v) is 10.3. The Hall–Kier alpha value is -3.55. The molecule has 2 aliphatic carbocycles. The lowest BCUT2D eigenvalue weighted by atomic mass is 9.72. The number of aromatic hydroxyl groups is 2. The first-order valence-corrected chi connectivity index (χ1v) is 12.5. The molecular formula is C27H30N2O10. The molecule has 2 aromatic rings. The average Bonchev–Trinajstić information content (AvgIpc) is 2.90. The van der Waals surface area contributed by atoms with E-state index in [-0.39, 0.29) is 53.0 Å². The van der Waals surface area contributed by atoms with Crippen LogP contribution in [-0.4, -0.2) is 80.2 Å². The summed E-state index contributed by atoms with van der Waals surface area (Å²) in [6.45, 7) is 2.99. The van der Waals surface area contributed by atoms with Crippen molar-refractivity contribution in [3.8, 4) is 17.2 Å². The van der Waals surface area contributed by atoms with Gasteiger partial charge in [-0.15, -0.1) is 0 Å².